The zero-order valence-electron chi connectivity index (χ0n) is 11.7. The molecule has 0 aliphatic heterocycles. The highest BCUT2D eigenvalue weighted by molar-refractivity contribution is 5.86. The number of esters is 1. The quantitative estimate of drug-likeness (QED) is 0.586. The van der Waals surface area contributed by atoms with E-state index in [9.17, 15) is 9.59 Å². The van der Waals surface area contributed by atoms with Crippen LogP contribution in [0, 0.1) is 11.8 Å². The van der Waals surface area contributed by atoms with Crippen LogP contribution in [0.1, 0.15) is 34.1 Å². The molecule has 0 heterocycles. The Bertz CT molecular complexity index is 292. The average Bonchev–Trinajstić information content (AvgIpc) is 2.34. The minimum Gasteiger partial charge on any atom is -0.478 e. The molecule has 0 fully saturated rings. The lowest BCUT2D eigenvalue weighted by molar-refractivity contribution is -0.138. The number of hydrogen-bond donors (Lipinski definition) is 1. The molecule has 4 nitrogen and oxygen atoms in total. The third kappa shape index (κ3) is 10.9. The summed E-state index contributed by atoms with van der Waals surface area (Å²) >= 11 is 0. The first-order chi connectivity index (χ1) is 8.26. The highest BCUT2D eigenvalue weighted by Crippen LogP contribution is 2.10. The molecule has 1 N–H and O–H groups in total. The van der Waals surface area contributed by atoms with Crippen LogP contribution >= 0.6 is 0 Å². The van der Waals surface area contributed by atoms with Gasteiger partial charge in [-0.2, -0.15) is 0 Å². The van der Waals surface area contributed by atoms with Crippen molar-refractivity contribution in [3.8, 4) is 0 Å². The first-order valence-electron chi connectivity index (χ1n) is 5.97. The number of carboxylic acids is 1. The fourth-order valence-corrected chi connectivity index (χ4v) is 0.765. The Labute approximate surface area is 109 Å². The molecule has 0 aromatic heterocycles. The van der Waals surface area contributed by atoms with E-state index in [2.05, 4.69) is 13.2 Å². The summed E-state index contributed by atoms with van der Waals surface area (Å²) in [6, 6.07) is 0. The van der Waals surface area contributed by atoms with E-state index in [-0.39, 0.29) is 11.9 Å². The van der Waals surface area contributed by atoms with E-state index < -0.39 is 5.97 Å². The minimum absolute atomic E-state index is 0.0995. The van der Waals surface area contributed by atoms with Crippen LogP contribution in [0.3, 0.4) is 0 Å². The zero-order valence-corrected chi connectivity index (χ0v) is 11.7. The van der Waals surface area contributed by atoms with Gasteiger partial charge in [-0.25, -0.2) is 9.59 Å². The molecule has 1 atom stereocenters. The van der Waals surface area contributed by atoms with Gasteiger partial charge < -0.3 is 9.84 Å². The van der Waals surface area contributed by atoms with Crippen LogP contribution in [0.5, 0.6) is 0 Å². The summed E-state index contributed by atoms with van der Waals surface area (Å²) < 4.78 is 4.70. The second kappa shape index (κ2) is 10.6. The molecule has 0 bridgehead atoms. The Kier molecular flexibility index (Phi) is 11.0. The topological polar surface area (TPSA) is 63.6 Å². The van der Waals surface area contributed by atoms with Crippen LogP contribution in [0.15, 0.2) is 24.8 Å². The van der Waals surface area contributed by atoms with Gasteiger partial charge in [0.05, 0.1) is 6.61 Å². The molecule has 0 amide bonds. The van der Waals surface area contributed by atoms with Gasteiger partial charge in [-0.3, -0.25) is 0 Å². The molecule has 0 saturated carbocycles. The summed E-state index contributed by atoms with van der Waals surface area (Å²) in [6.45, 7) is 14.9. The largest absolute Gasteiger partial charge is 0.478 e. The SMILES string of the molecule is C=C(C(=O)O)C(C)CC.C=CC(=O)OCC(C)C. The van der Waals surface area contributed by atoms with Gasteiger partial charge in [0.2, 0.25) is 0 Å². The van der Waals surface area contributed by atoms with Gasteiger partial charge in [-0.1, -0.05) is 40.9 Å². The summed E-state index contributed by atoms with van der Waals surface area (Å²) in [7, 11) is 0. The Morgan fingerprint density at radius 3 is 2.06 bits per heavy atom. The molecule has 0 radical (unpaired) electrons. The maximum absolute atomic E-state index is 10.4. The molecular weight excluding hydrogens is 232 g/mol. The van der Waals surface area contributed by atoms with Crippen molar-refractivity contribution in [3.63, 3.8) is 0 Å². The van der Waals surface area contributed by atoms with Crippen molar-refractivity contribution in [2.75, 3.05) is 6.61 Å². The van der Waals surface area contributed by atoms with Gasteiger partial charge >= 0.3 is 11.9 Å². The van der Waals surface area contributed by atoms with Crippen molar-refractivity contribution in [3.05, 3.63) is 24.8 Å². The number of carbonyl (C=O) groups is 2. The van der Waals surface area contributed by atoms with Gasteiger partial charge in [0.1, 0.15) is 0 Å². The molecule has 104 valence electrons. The van der Waals surface area contributed by atoms with Gasteiger partial charge in [0.15, 0.2) is 0 Å². The van der Waals surface area contributed by atoms with Gasteiger partial charge in [-0.05, 0) is 18.3 Å². The first-order valence-corrected chi connectivity index (χ1v) is 5.97. The van der Waals surface area contributed by atoms with Crippen molar-refractivity contribution in [2.24, 2.45) is 11.8 Å². The summed E-state index contributed by atoms with van der Waals surface area (Å²) in [4.78, 5) is 20.6. The number of ether oxygens (including phenoxy) is 1. The lowest BCUT2D eigenvalue weighted by atomic mass is 10.0. The second-order valence-corrected chi connectivity index (χ2v) is 4.37. The number of hydrogen-bond acceptors (Lipinski definition) is 3. The van der Waals surface area contributed by atoms with Gasteiger partial charge in [0, 0.05) is 11.6 Å². The first kappa shape index (κ1) is 18.8. The monoisotopic (exact) mass is 256 g/mol. The number of rotatable bonds is 6. The molecule has 18 heavy (non-hydrogen) atoms. The van der Waals surface area contributed by atoms with Crippen LogP contribution in [0.25, 0.3) is 0 Å². The summed E-state index contributed by atoms with van der Waals surface area (Å²) in [5.41, 5.74) is 0.303. The van der Waals surface area contributed by atoms with Crippen molar-refractivity contribution >= 4 is 11.9 Å². The van der Waals surface area contributed by atoms with Crippen molar-refractivity contribution in [1.29, 1.82) is 0 Å². The van der Waals surface area contributed by atoms with E-state index in [1.54, 1.807) is 0 Å². The summed E-state index contributed by atoms with van der Waals surface area (Å²) in [5.74, 6) is -0.732. The number of carbonyl (C=O) groups excluding carboxylic acids is 1. The fraction of sp³-hybridized carbons (Fsp3) is 0.571. The van der Waals surface area contributed by atoms with E-state index >= 15 is 0 Å². The molecule has 0 saturated heterocycles. The molecular formula is C14H24O4. The smallest absolute Gasteiger partial charge is 0.331 e. The van der Waals surface area contributed by atoms with Crippen LogP contribution in [0.4, 0.5) is 0 Å². The van der Waals surface area contributed by atoms with E-state index in [1.807, 2.05) is 27.7 Å². The summed E-state index contributed by atoms with van der Waals surface area (Å²) in [6.07, 6.45) is 2.01. The normalized spacial score (nSPS) is 10.9. The third-order valence-corrected chi connectivity index (χ3v) is 2.21. The average molecular weight is 256 g/mol. The minimum atomic E-state index is -0.885. The van der Waals surface area contributed by atoms with E-state index in [0.717, 1.165) is 6.42 Å². The zero-order chi connectivity index (χ0) is 14.7. The van der Waals surface area contributed by atoms with Crippen molar-refractivity contribution < 1.29 is 19.4 Å². The maximum Gasteiger partial charge on any atom is 0.331 e. The summed E-state index contributed by atoms with van der Waals surface area (Å²) in [5, 5.41) is 8.38. The highest BCUT2D eigenvalue weighted by atomic mass is 16.5. The predicted octanol–water partition coefficient (Wildman–Crippen LogP) is 3.04. The van der Waals surface area contributed by atoms with Crippen LogP contribution in [-0.4, -0.2) is 23.7 Å². The van der Waals surface area contributed by atoms with Crippen LogP contribution < -0.4 is 0 Å². The fourth-order valence-electron chi connectivity index (χ4n) is 0.765. The van der Waals surface area contributed by atoms with Crippen molar-refractivity contribution in [1.82, 2.24) is 0 Å². The highest BCUT2D eigenvalue weighted by Gasteiger charge is 2.09. The Balaban J connectivity index is 0. The molecule has 0 aliphatic rings. The maximum atomic E-state index is 10.4. The molecule has 4 heteroatoms. The second-order valence-electron chi connectivity index (χ2n) is 4.37. The Morgan fingerprint density at radius 2 is 1.83 bits per heavy atom. The molecule has 0 spiro atoms. The van der Waals surface area contributed by atoms with Gasteiger partial charge in [-0.15, -0.1) is 0 Å². The predicted molar refractivity (Wildman–Crippen MR) is 72.2 cm³/mol. The molecule has 0 aromatic rings. The third-order valence-electron chi connectivity index (χ3n) is 2.21. The lowest BCUT2D eigenvalue weighted by Crippen LogP contribution is -2.06. The van der Waals surface area contributed by atoms with E-state index in [0.29, 0.717) is 18.1 Å². The lowest BCUT2D eigenvalue weighted by Gasteiger charge is -2.05. The molecule has 0 rings (SSSR count). The molecule has 0 aliphatic carbocycles. The Hall–Kier alpha value is -1.58. The van der Waals surface area contributed by atoms with Crippen LogP contribution in [-0.2, 0) is 14.3 Å². The molecule has 1 unspecified atom stereocenters. The molecule has 0 aromatic carbocycles. The van der Waals surface area contributed by atoms with E-state index in [1.165, 1.54) is 6.08 Å². The van der Waals surface area contributed by atoms with E-state index in [4.69, 9.17) is 9.84 Å². The van der Waals surface area contributed by atoms with Crippen molar-refractivity contribution in [2.45, 2.75) is 34.1 Å². The van der Waals surface area contributed by atoms with Gasteiger partial charge in [0.25, 0.3) is 0 Å². The standard InChI is InChI=1S/2C7H12O2/c1-4-7(8)9-5-6(2)3;1-4-5(2)6(3)7(8)9/h4,6H,1,5H2,2-3H3;5H,3-4H2,1-2H3,(H,8,9). The number of carboxylic acid groups (broad SMARTS) is 1. The number of aliphatic carboxylic acids is 1. The Morgan fingerprint density at radius 1 is 1.33 bits per heavy atom. The van der Waals surface area contributed by atoms with Crippen LogP contribution in [0.2, 0.25) is 0 Å².